The van der Waals surface area contributed by atoms with Crippen molar-refractivity contribution in [3.63, 3.8) is 0 Å². The third kappa shape index (κ3) is 7.97. The molecule has 0 radical (unpaired) electrons. The fraction of sp³-hybridized carbons (Fsp3) is 0.529. The van der Waals surface area contributed by atoms with Gasteiger partial charge in [0.1, 0.15) is 19.4 Å². The standard InChI is InChI=1S/C17H25NO7/c1-22-12-24-11-14(8-9-19)15(16(20)23-2)18-17(21)25-10-13-6-4-3-5-7-13/h3-7,14-15,19H,8-12H2,1-2H3,(H,18,21)/t14-,15-/m0/s1. The average molecular weight is 355 g/mol. The maximum atomic E-state index is 12.0. The number of ether oxygens (including phenoxy) is 4. The van der Waals surface area contributed by atoms with Crippen molar-refractivity contribution >= 4 is 12.1 Å². The number of hydrogen-bond acceptors (Lipinski definition) is 7. The molecule has 0 unspecified atom stereocenters. The summed E-state index contributed by atoms with van der Waals surface area (Å²) in [5.74, 6) is -1.13. The Kier molecular flexibility index (Phi) is 10.2. The average Bonchev–Trinajstić information content (AvgIpc) is 2.64. The maximum Gasteiger partial charge on any atom is 0.408 e. The number of esters is 1. The lowest BCUT2D eigenvalue weighted by Crippen LogP contribution is -2.48. The van der Waals surface area contributed by atoms with Gasteiger partial charge in [0.05, 0.1) is 13.7 Å². The molecule has 140 valence electrons. The molecule has 0 saturated heterocycles. The molecule has 2 atom stereocenters. The Hall–Kier alpha value is -2.16. The van der Waals surface area contributed by atoms with Gasteiger partial charge in [-0.05, 0) is 12.0 Å². The van der Waals surface area contributed by atoms with Crippen LogP contribution in [0.15, 0.2) is 30.3 Å². The summed E-state index contributed by atoms with van der Waals surface area (Å²) in [4.78, 5) is 24.0. The molecule has 0 aliphatic rings. The normalized spacial score (nSPS) is 12.9. The van der Waals surface area contributed by atoms with Crippen LogP contribution >= 0.6 is 0 Å². The Morgan fingerprint density at radius 3 is 2.52 bits per heavy atom. The molecule has 0 aliphatic carbocycles. The van der Waals surface area contributed by atoms with E-state index in [2.05, 4.69) is 5.32 Å². The summed E-state index contributed by atoms with van der Waals surface area (Å²) in [5, 5.41) is 11.7. The Morgan fingerprint density at radius 1 is 1.20 bits per heavy atom. The Morgan fingerprint density at radius 2 is 1.92 bits per heavy atom. The number of nitrogens with one attached hydrogen (secondary N) is 1. The van der Waals surface area contributed by atoms with Crippen molar-refractivity contribution in [3.8, 4) is 0 Å². The van der Waals surface area contributed by atoms with Crippen molar-refractivity contribution in [2.45, 2.75) is 19.1 Å². The molecule has 0 saturated carbocycles. The Balaban J connectivity index is 2.65. The van der Waals surface area contributed by atoms with E-state index >= 15 is 0 Å². The fourth-order valence-electron chi connectivity index (χ4n) is 2.18. The molecule has 1 rings (SSSR count). The van der Waals surface area contributed by atoms with Crippen LogP contribution in [0.2, 0.25) is 0 Å². The number of hydrogen-bond donors (Lipinski definition) is 2. The van der Waals surface area contributed by atoms with E-state index in [1.807, 2.05) is 30.3 Å². The monoisotopic (exact) mass is 355 g/mol. The van der Waals surface area contributed by atoms with E-state index in [-0.39, 0.29) is 33.0 Å². The molecule has 8 nitrogen and oxygen atoms in total. The minimum Gasteiger partial charge on any atom is -0.467 e. The topological polar surface area (TPSA) is 103 Å². The van der Waals surface area contributed by atoms with Gasteiger partial charge in [-0.2, -0.15) is 0 Å². The summed E-state index contributed by atoms with van der Waals surface area (Å²) in [6.07, 6.45) is -0.517. The van der Waals surface area contributed by atoms with E-state index < -0.39 is 24.0 Å². The molecular weight excluding hydrogens is 330 g/mol. The second-order valence-corrected chi connectivity index (χ2v) is 5.26. The first-order chi connectivity index (χ1) is 12.1. The Labute approximate surface area is 147 Å². The number of carbonyl (C=O) groups excluding carboxylic acids is 2. The van der Waals surface area contributed by atoms with Crippen LogP contribution in [0.5, 0.6) is 0 Å². The predicted octanol–water partition coefficient (Wildman–Crippen LogP) is 1.07. The number of methoxy groups -OCH3 is 2. The number of benzene rings is 1. The summed E-state index contributed by atoms with van der Waals surface area (Å²) in [6, 6.07) is 8.15. The zero-order chi connectivity index (χ0) is 18.5. The largest absolute Gasteiger partial charge is 0.467 e. The Bertz CT molecular complexity index is 509. The molecule has 8 heteroatoms. The molecular formula is C17H25NO7. The first kappa shape index (κ1) is 20.9. The smallest absolute Gasteiger partial charge is 0.408 e. The molecule has 1 aromatic carbocycles. The van der Waals surface area contributed by atoms with Crippen molar-refractivity contribution in [2.75, 3.05) is 34.2 Å². The number of aliphatic hydroxyl groups excluding tert-OH is 1. The van der Waals surface area contributed by atoms with E-state index in [0.717, 1.165) is 5.56 Å². The van der Waals surface area contributed by atoms with Gasteiger partial charge < -0.3 is 29.4 Å². The number of aliphatic hydroxyl groups is 1. The zero-order valence-electron chi connectivity index (χ0n) is 14.5. The van der Waals surface area contributed by atoms with Gasteiger partial charge in [-0.3, -0.25) is 0 Å². The molecule has 0 fully saturated rings. The van der Waals surface area contributed by atoms with E-state index in [0.29, 0.717) is 0 Å². The van der Waals surface area contributed by atoms with Gasteiger partial charge in [0, 0.05) is 19.6 Å². The highest BCUT2D eigenvalue weighted by atomic mass is 16.7. The summed E-state index contributed by atoms with van der Waals surface area (Å²) in [7, 11) is 2.69. The van der Waals surface area contributed by atoms with Crippen LogP contribution < -0.4 is 5.32 Å². The SMILES string of the molecule is COCOC[C@H](CCO)[C@H](NC(=O)OCc1ccccc1)C(=O)OC. The van der Waals surface area contributed by atoms with Gasteiger partial charge in [0.25, 0.3) is 0 Å². The van der Waals surface area contributed by atoms with Gasteiger partial charge >= 0.3 is 12.1 Å². The lowest BCUT2D eigenvalue weighted by molar-refractivity contribution is -0.146. The second-order valence-electron chi connectivity index (χ2n) is 5.26. The van der Waals surface area contributed by atoms with Crippen molar-refractivity contribution in [3.05, 3.63) is 35.9 Å². The molecule has 0 bridgehead atoms. The molecule has 1 amide bonds. The summed E-state index contributed by atoms with van der Waals surface area (Å²) < 4.78 is 19.9. The van der Waals surface area contributed by atoms with Crippen molar-refractivity contribution < 1.29 is 33.6 Å². The van der Waals surface area contributed by atoms with E-state index in [9.17, 15) is 14.7 Å². The lowest BCUT2D eigenvalue weighted by atomic mass is 9.97. The molecule has 0 heterocycles. The highest BCUT2D eigenvalue weighted by molar-refractivity contribution is 5.81. The third-order valence-corrected chi connectivity index (χ3v) is 3.45. The minimum atomic E-state index is -1.00. The van der Waals surface area contributed by atoms with E-state index in [1.54, 1.807) is 0 Å². The van der Waals surface area contributed by atoms with Gasteiger partial charge in [0.2, 0.25) is 0 Å². The van der Waals surface area contributed by atoms with Gasteiger partial charge in [-0.25, -0.2) is 9.59 Å². The van der Waals surface area contributed by atoms with Crippen molar-refractivity contribution in [1.82, 2.24) is 5.32 Å². The first-order valence-corrected chi connectivity index (χ1v) is 7.85. The molecule has 0 spiro atoms. The van der Waals surface area contributed by atoms with Crippen LogP contribution in [0.3, 0.4) is 0 Å². The van der Waals surface area contributed by atoms with Crippen LogP contribution in [-0.4, -0.2) is 57.4 Å². The zero-order valence-corrected chi connectivity index (χ0v) is 14.5. The summed E-state index contributed by atoms with van der Waals surface area (Å²) in [6.45, 7) is 0.0437. The molecule has 25 heavy (non-hydrogen) atoms. The lowest BCUT2D eigenvalue weighted by Gasteiger charge is -2.25. The highest BCUT2D eigenvalue weighted by Gasteiger charge is 2.31. The molecule has 2 N–H and O–H groups in total. The summed E-state index contributed by atoms with van der Waals surface area (Å²) in [5.41, 5.74) is 0.822. The number of carbonyl (C=O) groups is 2. The number of amides is 1. The van der Waals surface area contributed by atoms with Crippen LogP contribution in [0.1, 0.15) is 12.0 Å². The maximum absolute atomic E-state index is 12.0. The molecule has 0 aliphatic heterocycles. The summed E-state index contributed by atoms with van der Waals surface area (Å²) >= 11 is 0. The van der Waals surface area contributed by atoms with Crippen LogP contribution in [0.25, 0.3) is 0 Å². The van der Waals surface area contributed by atoms with Crippen LogP contribution in [0.4, 0.5) is 4.79 Å². The first-order valence-electron chi connectivity index (χ1n) is 7.85. The van der Waals surface area contributed by atoms with Crippen LogP contribution in [0, 0.1) is 5.92 Å². The quantitative estimate of drug-likeness (QED) is 0.348. The molecule has 0 aromatic heterocycles. The third-order valence-electron chi connectivity index (χ3n) is 3.45. The minimum absolute atomic E-state index is 0.0360. The number of alkyl carbamates (subject to hydrolysis) is 1. The second kappa shape index (κ2) is 12.2. The van der Waals surface area contributed by atoms with Crippen LogP contribution in [-0.2, 0) is 30.3 Å². The highest BCUT2D eigenvalue weighted by Crippen LogP contribution is 2.12. The fourth-order valence-corrected chi connectivity index (χ4v) is 2.18. The van der Waals surface area contributed by atoms with Gasteiger partial charge in [-0.15, -0.1) is 0 Å². The van der Waals surface area contributed by atoms with Crippen molar-refractivity contribution in [2.24, 2.45) is 5.92 Å². The van der Waals surface area contributed by atoms with E-state index in [4.69, 9.17) is 18.9 Å². The van der Waals surface area contributed by atoms with Crippen molar-refractivity contribution in [1.29, 1.82) is 0 Å². The predicted molar refractivity (Wildman–Crippen MR) is 88.6 cm³/mol. The van der Waals surface area contributed by atoms with Gasteiger partial charge in [0.15, 0.2) is 0 Å². The molecule has 1 aromatic rings. The number of rotatable bonds is 11. The van der Waals surface area contributed by atoms with Gasteiger partial charge in [-0.1, -0.05) is 30.3 Å². The van der Waals surface area contributed by atoms with E-state index in [1.165, 1.54) is 14.2 Å².